The Morgan fingerprint density at radius 3 is 2.17 bits per heavy atom. The van der Waals surface area contributed by atoms with E-state index in [0.717, 1.165) is 18.8 Å². The van der Waals surface area contributed by atoms with Crippen LogP contribution in [-0.2, 0) is 14.3 Å². The predicted octanol–water partition coefficient (Wildman–Crippen LogP) is 5.05. The molecule has 1 saturated carbocycles. The van der Waals surface area contributed by atoms with Crippen LogP contribution in [0, 0.1) is 23.7 Å². The van der Waals surface area contributed by atoms with Crippen molar-refractivity contribution in [2.75, 3.05) is 0 Å². The largest absolute Gasteiger partial charge is 0.481 e. The van der Waals surface area contributed by atoms with Gasteiger partial charge in [-0.15, -0.1) is 0 Å². The molecule has 1 N–H and O–H groups in total. The lowest BCUT2D eigenvalue weighted by molar-refractivity contribution is -0.167. The molecule has 1 aliphatic rings. The molecule has 0 aromatic carbocycles. The van der Waals surface area contributed by atoms with E-state index in [0.29, 0.717) is 12.8 Å². The molecule has 1 rings (SSSR count). The highest BCUT2D eigenvalue weighted by Gasteiger charge is 2.36. The van der Waals surface area contributed by atoms with E-state index < -0.39 is 23.4 Å². The van der Waals surface area contributed by atoms with Crippen LogP contribution in [-0.4, -0.2) is 22.6 Å². The molecule has 1 unspecified atom stereocenters. The zero-order valence-electron chi connectivity index (χ0n) is 16.1. The average molecular weight is 341 g/mol. The van der Waals surface area contributed by atoms with Gasteiger partial charge in [0.25, 0.3) is 0 Å². The van der Waals surface area contributed by atoms with Crippen molar-refractivity contribution in [2.24, 2.45) is 23.7 Å². The van der Waals surface area contributed by atoms with Crippen molar-refractivity contribution in [3.8, 4) is 0 Å². The van der Waals surface area contributed by atoms with Crippen LogP contribution in [0.4, 0.5) is 0 Å². The maximum Gasteiger partial charge on any atom is 0.310 e. The second-order valence-corrected chi connectivity index (χ2v) is 8.80. The number of rotatable bonds is 9. The first-order valence-electron chi connectivity index (χ1n) is 9.55. The Morgan fingerprint density at radius 1 is 1.12 bits per heavy atom. The molecule has 0 saturated heterocycles. The number of carboxylic acids is 1. The van der Waals surface area contributed by atoms with Gasteiger partial charge in [0.2, 0.25) is 0 Å². The van der Waals surface area contributed by atoms with Crippen LogP contribution in [0.3, 0.4) is 0 Å². The summed E-state index contributed by atoms with van der Waals surface area (Å²) in [4.78, 5) is 24.4. The number of hydrogen-bond acceptors (Lipinski definition) is 3. The van der Waals surface area contributed by atoms with Crippen LogP contribution < -0.4 is 0 Å². The monoisotopic (exact) mass is 340 g/mol. The van der Waals surface area contributed by atoms with Gasteiger partial charge in [0.15, 0.2) is 0 Å². The fourth-order valence-electron chi connectivity index (χ4n) is 3.73. The summed E-state index contributed by atoms with van der Waals surface area (Å²) in [6.45, 7) is 9.50. The van der Waals surface area contributed by atoms with Gasteiger partial charge in [-0.05, 0) is 45.4 Å². The second-order valence-electron chi connectivity index (χ2n) is 8.80. The van der Waals surface area contributed by atoms with Gasteiger partial charge in [-0.1, -0.05) is 52.4 Å². The van der Waals surface area contributed by atoms with Crippen LogP contribution in [0.2, 0.25) is 0 Å². The van der Waals surface area contributed by atoms with Gasteiger partial charge in [0.05, 0.1) is 11.8 Å². The number of carbonyl (C=O) groups excluding carboxylic acids is 1. The summed E-state index contributed by atoms with van der Waals surface area (Å²) in [5, 5.41) is 9.64. The van der Waals surface area contributed by atoms with Crippen molar-refractivity contribution in [3.63, 3.8) is 0 Å². The van der Waals surface area contributed by atoms with Gasteiger partial charge in [0.1, 0.15) is 5.60 Å². The lowest BCUT2D eigenvalue weighted by Crippen LogP contribution is -2.36. The Bertz CT molecular complexity index is 402. The van der Waals surface area contributed by atoms with Crippen molar-refractivity contribution in [1.29, 1.82) is 0 Å². The Balaban J connectivity index is 2.75. The highest BCUT2D eigenvalue weighted by atomic mass is 16.6. The van der Waals surface area contributed by atoms with Gasteiger partial charge in [-0.25, -0.2) is 0 Å². The molecule has 0 spiro atoms. The van der Waals surface area contributed by atoms with E-state index in [1.54, 1.807) is 0 Å². The van der Waals surface area contributed by atoms with Gasteiger partial charge >= 0.3 is 11.9 Å². The standard InChI is InChI=1S/C20H36O4/c1-14(2)13-17(18(21)22)16(19(23)24-20(3,4)5)12-8-11-15-9-6-7-10-15/h14-17H,6-13H2,1-5H3,(H,21,22)/t16-,17?/m1/s1. The topological polar surface area (TPSA) is 63.6 Å². The first kappa shape index (κ1) is 21.0. The first-order valence-corrected chi connectivity index (χ1v) is 9.55. The lowest BCUT2D eigenvalue weighted by Gasteiger charge is -2.28. The number of aliphatic carboxylic acids is 1. The first-order chi connectivity index (χ1) is 11.1. The molecule has 4 nitrogen and oxygen atoms in total. The van der Waals surface area contributed by atoms with Crippen molar-refractivity contribution in [3.05, 3.63) is 0 Å². The van der Waals surface area contributed by atoms with E-state index >= 15 is 0 Å². The smallest absolute Gasteiger partial charge is 0.310 e. The van der Waals surface area contributed by atoms with Crippen LogP contribution in [0.15, 0.2) is 0 Å². The summed E-state index contributed by atoms with van der Waals surface area (Å²) in [6.07, 6.45) is 8.34. The molecule has 0 bridgehead atoms. The van der Waals surface area contributed by atoms with E-state index in [-0.39, 0.29) is 11.9 Å². The van der Waals surface area contributed by atoms with E-state index in [4.69, 9.17) is 4.74 Å². The fourth-order valence-corrected chi connectivity index (χ4v) is 3.73. The zero-order valence-corrected chi connectivity index (χ0v) is 16.1. The van der Waals surface area contributed by atoms with Crippen LogP contribution >= 0.6 is 0 Å². The number of ether oxygens (including phenoxy) is 1. The second kappa shape index (κ2) is 9.43. The average Bonchev–Trinajstić information content (AvgIpc) is 2.92. The minimum Gasteiger partial charge on any atom is -0.481 e. The molecule has 24 heavy (non-hydrogen) atoms. The van der Waals surface area contributed by atoms with Crippen molar-refractivity contribution < 1.29 is 19.4 Å². The molecule has 0 radical (unpaired) electrons. The molecule has 140 valence electrons. The summed E-state index contributed by atoms with van der Waals surface area (Å²) < 4.78 is 5.53. The summed E-state index contributed by atoms with van der Waals surface area (Å²) in [5.41, 5.74) is -0.582. The number of carbonyl (C=O) groups is 2. The number of esters is 1. The third kappa shape index (κ3) is 7.67. The Hall–Kier alpha value is -1.06. The Kier molecular flexibility index (Phi) is 8.24. The molecule has 0 aromatic rings. The highest BCUT2D eigenvalue weighted by molar-refractivity contribution is 5.81. The molecular formula is C20H36O4. The normalized spacial score (nSPS) is 18.6. The molecule has 2 atom stereocenters. The van der Waals surface area contributed by atoms with Gasteiger partial charge in [-0.3, -0.25) is 9.59 Å². The van der Waals surface area contributed by atoms with E-state index in [2.05, 4.69) is 0 Å². The van der Waals surface area contributed by atoms with Crippen molar-refractivity contribution in [2.45, 2.75) is 91.6 Å². The molecule has 0 aliphatic heterocycles. The van der Waals surface area contributed by atoms with Gasteiger partial charge in [0, 0.05) is 0 Å². The molecule has 4 heteroatoms. The molecule has 0 aromatic heterocycles. The number of carboxylic acid groups (broad SMARTS) is 1. The van der Waals surface area contributed by atoms with Crippen LogP contribution in [0.1, 0.15) is 86.0 Å². The minimum absolute atomic E-state index is 0.242. The third-order valence-electron chi connectivity index (χ3n) is 4.84. The van der Waals surface area contributed by atoms with Crippen molar-refractivity contribution >= 4 is 11.9 Å². The van der Waals surface area contributed by atoms with Crippen LogP contribution in [0.25, 0.3) is 0 Å². The summed E-state index contributed by atoms with van der Waals surface area (Å²) >= 11 is 0. The quantitative estimate of drug-likeness (QED) is 0.596. The summed E-state index contributed by atoms with van der Waals surface area (Å²) in [5.74, 6) is -1.40. The summed E-state index contributed by atoms with van der Waals surface area (Å²) in [7, 11) is 0. The molecule has 0 amide bonds. The third-order valence-corrected chi connectivity index (χ3v) is 4.84. The highest BCUT2D eigenvalue weighted by Crippen LogP contribution is 2.32. The van der Waals surface area contributed by atoms with Gasteiger partial charge < -0.3 is 9.84 Å². The predicted molar refractivity (Wildman–Crippen MR) is 95.7 cm³/mol. The Labute approximate surface area is 147 Å². The Morgan fingerprint density at radius 2 is 1.71 bits per heavy atom. The fraction of sp³-hybridized carbons (Fsp3) is 0.900. The zero-order chi connectivity index (χ0) is 18.3. The summed E-state index contributed by atoms with van der Waals surface area (Å²) in [6, 6.07) is 0. The molecule has 1 aliphatic carbocycles. The minimum atomic E-state index is -0.875. The maximum atomic E-state index is 12.6. The van der Waals surface area contributed by atoms with E-state index in [1.165, 1.54) is 25.7 Å². The number of hydrogen-bond donors (Lipinski definition) is 1. The molecular weight excluding hydrogens is 304 g/mol. The lowest BCUT2D eigenvalue weighted by atomic mass is 9.81. The maximum absolute atomic E-state index is 12.6. The van der Waals surface area contributed by atoms with E-state index in [1.807, 2.05) is 34.6 Å². The van der Waals surface area contributed by atoms with E-state index in [9.17, 15) is 14.7 Å². The van der Waals surface area contributed by atoms with Crippen LogP contribution in [0.5, 0.6) is 0 Å². The SMILES string of the molecule is CC(C)CC(C(=O)O)[C@@H](CCCC1CCCC1)C(=O)OC(C)(C)C. The van der Waals surface area contributed by atoms with Crippen molar-refractivity contribution in [1.82, 2.24) is 0 Å². The molecule has 0 heterocycles. The van der Waals surface area contributed by atoms with Gasteiger partial charge in [-0.2, -0.15) is 0 Å². The molecule has 1 fully saturated rings.